The molecule has 0 saturated heterocycles. The van der Waals surface area contributed by atoms with Gasteiger partial charge in [-0.25, -0.2) is 4.79 Å². The average Bonchev–Trinajstić information content (AvgIpc) is 2.34. The third kappa shape index (κ3) is 5.92. The van der Waals surface area contributed by atoms with E-state index in [0.29, 0.717) is 11.3 Å². The second-order valence-corrected chi connectivity index (χ2v) is 5.73. The molecule has 0 fully saturated rings. The fourth-order valence-electron chi connectivity index (χ4n) is 1.25. The zero-order valence-corrected chi connectivity index (χ0v) is 13.1. The Kier molecular flexibility index (Phi) is 5.60. The number of rotatable bonds is 5. The summed E-state index contributed by atoms with van der Waals surface area (Å²) in [6.07, 6.45) is 0. The molecule has 0 bridgehead atoms. The number of halogens is 1. The molecule has 0 amide bonds. The molecule has 0 heterocycles. The van der Waals surface area contributed by atoms with Gasteiger partial charge < -0.3 is 9.47 Å². The zero-order valence-electron chi connectivity index (χ0n) is 11.5. The van der Waals surface area contributed by atoms with Crippen LogP contribution in [0.1, 0.15) is 26.3 Å². The number of hydrogen-bond donors (Lipinski definition) is 0. The van der Waals surface area contributed by atoms with Crippen molar-refractivity contribution in [1.29, 1.82) is 0 Å². The van der Waals surface area contributed by atoms with Crippen LogP contribution in [0.15, 0.2) is 36.4 Å². The Hall–Kier alpha value is -1.29. The van der Waals surface area contributed by atoms with Crippen molar-refractivity contribution in [3.8, 4) is 5.75 Å². The van der Waals surface area contributed by atoms with Crippen molar-refractivity contribution < 1.29 is 14.3 Å². The fourth-order valence-corrected chi connectivity index (χ4v) is 1.63. The molecule has 4 heteroatoms. The number of ether oxygens (including phenoxy) is 2. The molecule has 0 radical (unpaired) electrons. The lowest BCUT2D eigenvalue weighted by Crippen LogP contribution is -2.26. The molecule has 19 heavy (non-hydrogen) atoms. The monoisotopic (exact) mass is 326 g/mol. The van der Waals surface area contributed by atoms with E-state index in [9.17, 15) is 4.79 Å². The molecule has 0 N–H and O–H groups in total. The maximum absolute atomic E-state index is 11.7. The smallest absolute Gasteiger partial charge is 0.337 e. The van der Waals surface area contributed by atoms with E-state index >= 15 is 0 Å². The summed E-state index contributed by atoms with van der Waals surface area (Å²) in [7, 11) is 0. The van der Waals surface area contributed by atoms with Crippen LogP contribution in [0.25, 0.3) is 0 Å². The van der Waals surface area contributed by atoms with Crippen molar-refractivity contribution in [3.05, 3.63) is 42.0 Å². The summed E-state index contributed by atoms with van der Waals surface area (Å²) in [5.74, 6) is 0.277. The van der Waals surface area contributed by atoms with Crippen LogP contribution in [0.3, 0.4) is 0 Å². The Morgan fingerprint density at radius 3 is 2.32 bits per heavy atom. The molecule has 1 aromatic carbocycles. The summed E-state index contributed by atoms with van der Waals surface area (Å²) in [6, 6.07) is 7.64. The van der Waals surface area contributed by atoms with Crippen molar-refractivity contribution in [1.82, 2.24) is 0 Å². The lowest BCUT2D eigenvalue weighted by molar-refractivity contribution is -0.150. The van der Waals surface area contributed by atoms with Gasteiger partial charge in [0.2, 0.25) is 0 Å². The zero-order chi connectivity index (χ0) is 14.5. The van der Waals surface area contributed by atoms with Crippen LogP contribution in [0.4, 0.5) is 0 Å². The van der Waals surface area contributed by atoms with Crippen LogP contribution in [-0.2, 0) is 14.9 Å². The highest BCUT2D eigenvalue weighted by atomic mass is 79.9. The minimum atomic E-state index is -0.516. The Labute approximate surface area is 122 Å². The second kappa shape index (κ2) is 6.75. The predicted molar refractivity (Wildman–Crippen MR) is 79.6 cm³/mol. The third-order valence-corrected chi connectivity index (χ3v) is 2.83. The Morgan fingerprint density at radius 1 is 1.26 bits per heavy atom. The van der Waals surface area contributed by atoms with Gasteiger partial charge in [-0.1, -0.05) is 34.6 Å². The quantitative estimate of drug-likeness (QED) is 0.468. The minimum absolute atomic E-state index is 0.128. The molecule has 0 aromatic heterocycles. The van der Waals surface area contributed by atoms with Crippen LogP contribution in [0.5, 0.6) is 5.75 Å². The molecule has 104 valence electrons. The molecule has 0 spiro atoms. The molecular weight excluding hydrogens is 308 g/mol. The van der Waals surface area contributed by atoms with Gasteiger partial charge in [-0.2, -0.15) is 0 Å². The molecule has 0 saturated carbocycles. The molecule has 0 unspecified atom stereocenters. The van der Waals surface area contributed by atoms with Gasteiger partial charge in [0.25, 0.3) is 0 Å². The van der Waals surface area contributed by atoms with Gasteiger partial charge in [0.15, 0.2) is 0 Å². The third-order valence-electron chi connectivity index (χ3n) is 2.18. The highest BCUT2D eigenvalue weighted by Crippen LogP contribution is 2.15. The van der Waals surface area contributed by atoms with Crippen LogP contribution in [0.2, 0.25) is 0 Å². The summed E-state index contributed by atoms with van der Waals surface area (Å²) in [5, 5.41) is 0.803. The SMILES string of the molecule is C=C(COc1ccc(CBr)cc1)C(=O)OC(C)(C)C. The highest BCUT2D eigenvalue weighted by molar-refractivity contribution is 9.08. The first-order valence-electron chi connectivity index (χ1n) is 6.00. The van der Waals surface area contributed by atoms with E-state index in [-0.39, 0.29) is 6.61 Å². The maximum atomic E-state index is 11.7. The Morgan fingerprint density at radius 2 is 1.84 bits per heavy atom. The molecular formula is C15H19BrO3. The van der Waals surface area contributed by atoms with Crippen molar-refractivity contribution in [2.45, 2.75) is 31.7 Å². The summed E-state index contributed by atoms with van der Waals surface area (Å²) >= 11 is 3.38. The fraction of sp³-hybridized carbons (Fsp3) is 0.400. The molecule has 3 nitrogen and oxygen atoms in total. The average molecular weight is 327 g/mol. The molecule has 0 aliphatic carbocycles. The first-order valence-corrected chi connectivity index (χ1v) is 7.13. The molecule has 1 aromatic rings. The number of alkyl halides is 1. The molecule has 0 aliphatic heterocycles. The van der Waals surface area contributed by atoms with Gasteiger partial charge in [0, 0.05) is 5.33 Å². The van der Waals surface area contributed by atoms with E-state index in [1.54, 1.807) is 0 Å². The maximum Gasteiger partial charge on any atom is 0.337 e. The van der Waals surface area contributed by atoms with E-state index in [1.165, 1.54) is 5.56 Å². The summed E-state index contributed by atoms with van der Waals surface area (Å²) < 4.78 is 10.7. The first kappa shape index (κ1) is 15.8. The van der Waals surface area contributed by atoms with Crippen molar-refractivity contribution in [2.75, 3.05) is 6.61 Å². The van der Waals surface area contributed by atoms with Crippen LogP contribution >= 0.6 is 15.9 Å². The number of carbonyl (C=O) groups is 1. The van der Waals surface area contributed by atoms with Gasteiger partial charge >= 0.3 is 5.97 Å². The van der Waals surface area contributed by atoms with Crippen molar-refractivity contribution in [3.63, 3.8) is 0 Å². The lowest BCUT2D eigenvalue weighted by atomic mass is 10.2. The molecule has 0 atom stereocenters. The van der Waals surface area contributed by atoms with Gasteiger partial charge in [0.05, 0.1) is 5.57 Å². The van der Waals surface area contributed by atoms with Crippen molar-refractivity contribution >= 4 is 21.9 Å². The van der Waals surface area contributed by atoms with Gasteiger partial charge in [-0.3, -0.25) is 0 Å². The Bertz CT molecular complexity index is 443. The van der Waals surface area contributed by atoms with Crippen LogP contribution < -0.4 is 4.74 Å². The molecule has 0 aliphatic rings. The number of hydrogen-bond acceptors (Lipinski definition) is 3. The summed E-state index contributed by atoms with van der Waals surface area (Å²) in [4.78, 5) is 11.7. The first-order chi connectivity index (χ1) is 8.81. The van der Waals surface area contributed by atoms with Gasteiger partial charge in [0.1, 0.15) is 18.0 Å². The highest BCUT2D eigenvalue weighted by Gasteiger charge is 2.18. The normalized spacial score (nSPS) is 10.9. The lowest BCUT2D eigenvalue weighted by Gasteiger charge is -2.20. The number of benzene rings is 1. The topological polar surface area (TPSA) is 35.5 Å². The van der Waals surface area contributed by atoms with Gasteiger partial charge in [-0.05, 0) is 38.5 Å². The minimum Gasteiger partial charge on any atom is -0.489 e. The van der Waals surface area contributed by atoms with E-state index in [4.69, 9.17) is 9.47 Å². The predicted octanol–water partition coefficient (Wildman–Crippen LogP) is 3.86. The number of esters is 1. The van der Waals surface area contributed by atoms with Crippen molar-refractivity contribution in [2.24, 2.45) is 0 Å². The second-order valence-electron chi connectivity index (χ2n) is 5.17. The van der Waals surface area contributed by atoms with E-state index in [2.05, 4.69) is 22.5 Å². The summed E-state index contributed by atoms with van der Waals surface area (Å²) in [5.41, 5.74) is 0.954. The largest absolute Gasteiger partial charge is 0.489 e. The van der Waals surface area contributed by atoms with Crippen LogP contribution in [-0.4, -0.2) is 18.2 Å². The number of carbonyl (C=O) groups excluding carboxylic acids is 1. The summed E-state index contributed by atoms with van der Waals surface area (Å²) in [6.45, 7) is 9.26. The van der Waals surface area contributed by atoms with E-state index < -0.39 is 11.6 Å². The van der Waals surface area contributed by atoms with Crippen LogP contribution in [0, 0.1) is 0 Å². The van der Waals surface area contributed by atoms with E-state index in [0.717, 1.165) is 5.33 Å². The van der Waals surface area contributed by atoms with E-state index in [1.807, 2.05) is 45.0 Å². The molecule has 1 rings (SSSR count). The standard InChI is InChI=1S/C15H19BrO3/c1-11(14(17)19-15(2,3)4)10-18-13-7-5-12(9-16)6-8-13/h5-8H,1,9-10H2,2-4H3. The van der Waals surface area contributed by atoms with Gasteiger partial charge in [-0.15, -0.1) is 0 Å². The Balaban J connectivity index is 2.47.